The summed E-state index contributed by atoms with van der Waals surface area (Å²) in [5, 5.41) is 14.4. The first kappa shape index (κ1) is 15.3. The largest absolute Gasteiger partial charge is 0.386 e. The molecule has 23 heavy (non-hydrogen) atoms. The highest BCUT2D eigenvalue weighted by molar-refractivity contribution is 5.47. The van der Waals surface area contributed by atoms with Gasteiger partial charge in [-0.25, -0.2) is 0 Å². The lowest BCUT2D eigenvalue weighted by Crippen LogP contribution is -2.19. The van der Waals surface area contributed by atoms with Gasteiger partial charge in [0.05, 0.1) is 6.04 Å². The third-order valence-corrected chi connectivity index (χ3v) is 3.99. The Kier molecular flexibility index (Phi) is 4.74. The summed E-state index contributed by atoms with van der Waals surface area (Å²) in [5.74, 6) is 0. The Morgan fingerprint density at radius 1 is 0.696 bits per heavy atom. The van der Waals surface area contributed by atoms with Gasteiger partial charge in [-0.05, 0) is 30.2 Å². The predicted molar refractivity (Wildman–Crippen MR) is 95.4 cm³/mol. The third kappa shape index (κ3) is 3.79. The predicted octanol–water partition coefficient (Wildman–Crippen LogP) is 4.88. The molecule has 2 N–H and O–H groups in total. The van der Waals surface area contributed by atoms with Gasteiger partial charge in [-0.1, -0.05) is 78.4 Å². The van der Waals surface area contributed by atoms with E-state index in [0.29, 0.717) is 0 Å². The maximum atomic E-state index is 10.9. The van der Waals surface area contributed by atoms with Gasteiger partial charge in [-0.3, -0.25) is 0 Å². The smallest absolute Gasteiger partial charge is 0.103 e. The van der Waals surface area contributed by atoms with Crippen LogP contribution in [0.5, 0.6) is 0 Å². The first-order chi connectivity index (χ1) is 11.2. The molecule has 0 heterocycles. The molecule has 0 aromatic heterocycles. The molecule has 2 atom stereocenters. The van der Waals surface area contributed by atoms with E-state index >= 15 is 0 Å². The summed E-state index contributed by atoms with van der Waals surface area (Å²) in [4.78, 5) is 0. The Bertz CT molecular complexity index is 723. The zero-order valence-corrected chi connectivity index (χ0v) is 13.2. The highest BCUT2D eigenvalue weighted by Crippen LogP contribution is 2.32. The molecule has 0 amide bonds. The summed E-state index contributed by atoms with van der Waals surface area (Å²) in [7, 11) is 0. The van der Waals surface area contributed by atoms with E-state index in [0.717, 1.165) is 16.8 Å². The molecule has 2 nitrogen and oxygen atoms in total. The highest BCUT2D eigenvalue weighted by atomic mass is 16.3. The Balaban J connectivity index is 1.92. The van der Waals surface area contributed by atoms with Crippen molar-refractivity contribution in [1.29, 1.82) is 0 Å². The van der Waals surface area contributed by atoms with E-state index in [4.69, 9.17) is 0 Å². The second-order valence-corrected chi connectivity index (χ2v) is 5.75. The minimum atomic E-state index is -0.625. The van der Waals surface area contributed by atoms with Gasteiger partial charge in [-0.15, -0.1) is 0 Å². The van der Waals surface area contributed by atoms with Gasteiger partial charge in [0.15, 0.2) is 0 Å². The lowest BCUT2D eigenvalue weighted by atomic mass is 9.95. The standard InChI is InChI=1S/C21H21NO/c1-16-12-14-19(15-13-16)22-20(17-8-4-2-5-9-17)21(23)18-10-6-3-7-11-18/h2-15,20-23H,1H3/t20-,21+/m0/s1. The molecule has 3 aromatic carbocycles. The molecule has 0 aliphatic heterocycles. The van der Waals surface area contributed by atoms with E-state index in [-0.39, 0.29) is 6.04 Å². The molecule has 0 unspecified atom stereocenters. The van der Waals surface area contributed by atoms with E-state index < -0.39 is 6.10 Å². The van der Waals surface area contributed by atoms with Crippen LogP contribution in [0.25, 0.3) is 0 Å². The van der Waals surface area contributed by atoms with Gasteiger partial charge in [0.1, 0.15) is 6.10 Å². The molecule has 0 saturated heterocycles. The first-order valence-corrected chi connectivity index (χ1v) is 7.85. The van der Waals surface area contributed by atoms with Crippen LogP contribution >= 0.6 is 0 Å². The fourth-order valence-corrected chi connectivity index (χ4v) is 2.68. The Morgan fingerprint density at radius 2 is 1.22 bits per heavy atom. The van der Waals surface area contributed by atoms with E-state index in [9.17, 15) is 5.11 Å². The molecule has 0 fully saturated rings. The number of anilines is 1. The number of benzene rings is 3. The van der Waals surface area contributed by atoms with E-state index in [1.54, 1.807) is 0 Å². The zero-order valence-electron chi connectivity index (χ0n) is 13.2. The summed E-state index contributed by atoms with van der Waals surface area (Å²) >= 11 is 0. The van der Waals surface area contributed by atoms with E-state index in [1.807, 2.05) is 72.8 Å². The fourth-order valence-electron chi connectivity index (χ4n) is 2.68. The molecule has 2 heteroatoms. The highest BCUT2D eigenvalue weighted by Gasteiger charge is 2.22. The minimum Gasteiger partial charge on any atom is -0.386 e. The summed E-state index contributed by atoms with van der Waals surface area (Å²) < 4.78 is 0. The van der Waals surface area contributed by atoms with Crippen LogP contribution in [0.3, 0.4) is 0 Å². The van der Waals surface area contributed by atoms with Crippen LogP contribution in [0, 0.1) is 6.92 Å². The van der Waals surface area contributed by atoms with Gasteiger partial charge >= 0.3 is 0 Å². The second-order valence-electron chi connectivity index (χ2n) is 5.75. The maximum Gasteiger partial charge on any atom is 0.103 e. The molecular formula is C21H21NO. The molecule has 0 spiro atoms. The average molecular weight is 303 g/mol. The monoisotopic (exact) mass is 303 g/mol. The van der Waals surface area contributed by atoms with Crippen LogP contribution in [0.1, 0.15) is 28.8 Å². The quantitative estimate of drug-likeness (QED) is 0.704. The minimum absolute atomic E-state index is 0.207. The second kappa shape index (κ2) is 7.12. The van der Waals surface area contributed by atoms with Crippen molar-refractivity contribution >= 4 is 5.69 Å². The molecule has 3 aromatic rings. The summed E-state index contributed by atoms with van der Waals surface area (Å²) in [6, 6.07) is 27.9. The molecule has 0 aliphatic rings. The number of hydrogen-bond donors (Lipinski definition) is 2. The van der Waals surface area contributed by atoms with Gasteiger partial charge < -0.3 is 10.4 Å². The van der Waals surface area contributed by atoms with Gasteiger partial charge in [0, 0.05) is 5.69 Å². The molecule has 116 valence electrons. The molecule has 0 saturated carbocycles. The number of nitrogens with one attached hydrogen (secondary N) is 1. The fraction of sp³-hybridized carbons (Fsp3) is 0.143. The molecule has 0 bridgehead atoms. The van der Waals surface area contributed by atoms with E-state index in [2.05, 4.69) is 24.4 Å². The molecule has 3 rings (SSSR count). The number of rotatable bonds is 5. The van der Waals surface area contributed by atoms with Crippen molar-refractivity contribution in [2.45, 2.75) is 19.1 Å². The average Bonchev–Trinajstić information content (AvgIpc) is 2.62. The third-order valence-electron chi connectivity index (χ3n) is 3.99. The molecule has 0 aliphatic carbocycles. The topological polar surface area (TPSA) is 32.3 Å². The van der Waals surface area contributed by atoms with Crippen LogP contribution < -0.4 is 5.32 Å². The first-order valence-electron chi connectivity index (χ1n) is 7.85. The van der Waals surface area contributed by atoms with Crippen LogP contribution in [0.4, 0.5) is 5.69 Å². The van der Waals surface area contributed by atoms with Crippen molar-refractivity contribution in [3.05, 3.63) is 102 Å². The lowest BCUT2D eigenvalue weighted by Gasteiger charge is -2.26. The number of aryl methyl sites for hydroxylation is 1. The van der Waals surface area contributed by atoms with Crippen LogP contribution in [0.2, 0.25) is 0 Å². The van der Waals surface area contributed by atoms with Gasteiger partial charge in [0.2, 0.25) is 0 Å². The summed E-state index contributed by atoms with van der Waals surface area (Å²) in [6.07, 6.45) is -0.625. The van der Waals surface area contributed by atoms with Crippen LogP contribution in [0.15, 0.2) is 84.9 Å². The lowest BCUT2D eigenvalue weighted by molar-refractivity contribution is 0.155. The van der Waals surface area contributed by atoms with Crippen LogP contribution in [-0.2, 0) is 0 Å². The van der Waals surface area contributed by atoms with Crippen LogP contribution in [-0.4, -0.2) is 5.11 Å². The summed E-state index contributed by atoms with van der Waals surface area (Å²) in [5.41, 5.74) is 4.18. The summed E-state index contributed by atoms with van der Waals surface area (Å²) in [6.45, 7) is 2.07. The van der Waals surface area contributed by atoms with Crippen molar-refractivity contribution in [3.63, 3.8) is 0 Å². The van der Waals surface area contributed by atoms with Crippen molar-refractivity contribution in [3.8, 4) is 0 Å². The van der Waals surface area contributed by atoms with Gasteiger partial charge in [0.25, 0.3) is 0 Å². The van der Waals surface area contributed by atoms with Gasteiger partial charge in [-0.2, -0.15) is 0 Å². The zero-order chi connectivity index (χ0) is 16.1. The Labute approximate surface area is 137 Å². The number of aliphatic hydroxyl groups is 1. The number of aliphatic hydroxyl groups excluding tert-OH is 1. The van der Waals surface area contributed by atoms with Crippen molar-refractivity contribution in [2.75, 3.05) is 5.32 Å². The molecular weight excluding hydrogens is 282 g/mol. The van der Waals surface area contributed by atoms with E-state index in [1.165, 1.54) is 5.56 Å². The van der Waals surface area contributed by atoms with Crippen molar-refractivity contribution in [1.82, 2.24) is 0 Å². The number of hydrogen-bond acceptors (Lipinski definition) is 2. The van der Waals surface area contributed by atoms with Crippen molar-refractivity contribution in [2.24, 2.45) is 0 Å². The van der Waals surface area contributed by atoms with Crippen molar-refractivity contribution < 1.29 is 5.11 Å². The Hall–Kier alpha value is -2.58. The Morgan fingerprint density at radius 3 is 1.78 bits per heavy atom. The normalized spacial score (nSPS) is 13.3. The molecule has 0 radical (unpaired) electrons. The maximum absolute atomic E-state index is 10.9. The SMILES string of the molecule is Cc1ccc(N[C@@H](c2ccccc2)[C@H](O)c2ccccc2)cc1.